The minimum atomic E-state index is -4.45. The Hall–Kier alpha value is -1.07. The van der Waals surface area contributed by atoms with E-state index in [1.165, 1.54) is 0 Å². The summed E-state index contributed by atoms with van der Waals surface area (Å²) in [6.07, 6.45) is -4.45. The van der Waals surface area contributed by atoms with Crippen LogP contribution in [0.15, 0.2) is 0 Å². The maximum absolute atomic E-state index is 12.1. The fourth-order valence-electron chi connectivity index (χ4n) is 0.727. The molecule has 0 spiro atoms. The molecule has 1 aromatic heterocycles. The maximum atomic E-state index is 12.1. The molecule has 0 aliphatic carbocycles. The molecule has 1 rings (SSSR count). The Kier molecular flexibility index (Phi) is 2.09. The van der Waals surface area contributed by atoms with Crippen molar-refractivity contribution in [3.63, 3.8) is 0 Å². The Bertz CT molecular complexity index is 266. The number of aromatic amines is 1. The van der Waals surface area contributed by atoms with Gasteiger partial charge in [-0.15, -0.1) is 10.2 Å². The molecule has 3 nitrogen and oxygen atoms in total. The lowest BCUT2D eigenvalue weighted by atomic mass is 9.96. The highest BCUT2D eigenvalue weighted by Crippen LogP contribution is 2.27. The molecular weight excluding hydrogens is 183 g/mol. The quantitative estimate of drug-likeness (QED) is 0.685. The first-order valence-electron chi connectivity index (χ1n) is 3.71. The standard InChI is InChI=1S/C7H10F3N3/c1-6(2,3)4-11-5(13-12-4)7(8,9)10/h1-3H3,(H,11,12,13). The molecule has 1 heterocycles. The Morgan fingerprint density at radius 2 is 1.46 bits per heavy atom. The molecule has 0 fully saturated rings. The van der Waals surface area contributed by atoms with Crippen LogP contribution in [0.5, 0.6) is 0 Å². The van der Waals surface area contributed by atoms with Crippen molar-refractivity contribution < 1.29 is 13.2 Å². The summed E-state index contributed by atoms with van der Waals surface area (Å²) < 4.78 is 36.2. The monoisotopic (exact) mass is 193 g/mol. The summed E-state index contributed by atoms with van der Waals surface area (Å²) in [6.45, 7) is 5.27. The Morgan fingerprint density at radius 1 is 1.00 bits per heavy atom. The predicted octanol–water partition coefficient (Wildman–Crippen LogP) is 2.12. The number of hydrogen-bond donors (Lipinski definition) is 1. The van der Waals surface area contributed by atoms with Gasteiger partial charge in [-0.2, -0.15) is 13.2 Å². The van der Waals surface area contributed by atoms with Gasteiger partial charge in [-0.1, -0.05) is 20.8 Å². The van der Waals surface area contributed by atoms with Crippen LogP contribution >= 0.6 is 0 Å². The SMILES string of the molecule is CC(C)(C)c1nnc(C(F)(F)F)[nH]1. The molecule has 1 N–H and O–H groups in total. The van der Waals surface area contributed by atoms with Crippen LogP contribution in [0.4, 0.5) is 13.2 Å². The molecule has 0 saturated carbocycles. The van der Waals surface area contributed by atoms with Crippen molar-refractivity contribution in [2.24, 2.45) is 0 Å². The van der Waals surface area contributed by atoms with Crippen LogP contribution < -0.4 is 0 Å². The van der Waals surface area contributed by atoms with Crippen molar-refractivity contribution in [2.45, 2.75) is 32.4 Å². The molecule has 0 bridgehead atoms. The fraction of sp³-hybridized carbons (Fsp3) is 0.714. The van der Waals surface area contributed by atoms with E-state index >= 15 is 0 Å². The zero-order valence-corrected chi connectivity index (χ0v) is 7.53. The van der Waals surface area contributed by atoms with E-state index in [0.29, 0.717) is 0 Å². The van der Waals surface area contributed by atoms with Crippen molar-refractivity contribution in [2.75, 3.05) is 0 Å². The van der Waals surface area contributed by atoms with Gasteiger partial charge in [0.2, 0.25) is 5.82 Å². The van der Waals surface area contributed by atoms with Crippen molar-refractivity contribution in [3.8, 4) is 0 Å². The number of halogens is 3. The van der Waals surface area contributed by atoms with E-state index < -0.39 is 17.4 Å². The predicted molar refractivity (Wildman–Crippen MR) is 40.1 cm³/mol. The number of nitrogens with one attached hydrogen (secondary N) is 1. The van der Waals surface area contributed by atoms with Gasteiger partial charge in [0.05, 0.1) is 0 Å². The first-order valence-corrected chi connectivity index (χ1v) is 3.71. The average Bonchev–Trinajstić information content (AvgIpc) is 2.28. The number of aromatic nitrogens is 3. The lowest BCUT2D eigenvalue weighted by Crippen LogP contribution is -2.14. The summed E-state index contributed by atoms with van der Waals surface area (Å²) in [5.74, 6) is -0.808. The second-order valence-corrected chi connectivity index (χ2v) is 3.77. The molecule has 74 valence electrons. The third kappa shape index (κ3) is 2.19. The highest BCUT2D eigenvalue weighted by atomic mass is 19.4. The number of hydrogen-bond acceptors (Lipinski definition) is 2. The van der Waals surface area contributed by atoms with Crippen LogP contribution in [0.2, 0.25) is 0 Å². The van der Waals surface area contributed by atoms with Gasteiger partial charge in [-0.3, -0.25) is 0 Å². The van der Waals surface area contributed by atoms with Gasteiger partial charge in [0.25, 0.3) is 0 Å². The van der Waals surface area contributed by atoms with E-state index in [1.807, 2.05) is 0 Å². The van der Waals surface area contributed by atoms with Gasteiger partial charge in [0, 0.05) is 5.41 Å². The van der Waals surface area contributed by atoms with Crippen LogP contribution in [0, 0.1) is 0 Å². The molecule has 0 unspecified atom stereocenters. The molecule has 1 aromatic rings. The molecular formula is C7H10F3N3. The van der Waals surface area contributed by atoms with Crippen molar-refractivity contribution in [1.82, 2.24) is 15.2 Å². The first kappa shape index (κ1) is 10.0. The number of nitrogens with zero attached hydrogens (tertiary/aromatic N) is 2. The topological polar surface area (TPSA) is 41.6 Å². The van der Waals surface area contributed by atoms with Gasteiger partial charge < -0.3 is 4.98 Å². The second kappa shape index (κ2) is 2.71. The fourth-order valence-corrected chi connectivity index (χ4v) is 0.727. The van der Waals surface area contributed by atoms with Crippen LogP contribution in [-0.2, 0) is 11.6 Å². The molecule has 13 heavy (non-hydrogen) atoms. The van der Waals surface area contributed by atoms with Gasteiger partial charge in [-0.25, -0.2) is 0 Å². The number of alkyl halides is 3. The summed E-state index contributed by atoms with van der Waals surface area (Å²) >= 11 is 0. The molecule has 0 saturated heterocycles. The largest absolute Gasteiger partial charge is 0.451 e. The summed E-state index contributed by atoms with van der Waals surface area (Å²) in [5, 5.41) is 6.45. The Morgan fingerprint density at radius 3 is 1.69 bits per heavy atom. The van der Waals surface area contributed by atoms with Gasteiger partial charge in [0.15, 0.2) is 0 Å². The van der Waals surface area contributed by atoms with Gasteiger partial charge in [-0.05, 0) is 0 Å². The van der Waals surface area contributed by atoms with Crippen LogP contribution in [0.25, 0.3) is 0 Å². The van der Waals surface area contributed by atoms with Crippen molar-refractivity contribution in [3.05, 3.63) is 11.6 Å². The molecule has 0 aromatic carbocycles. The highest BCUT2D eigenvalue weighted by Gasteiger charge is 2.36. The lowest BCUT2D eigenvalue weighted by Gasteiger charge is -2.13. The summed E-state index contributed by atoms with van der Waals surface area (Å²) in [5.41, 5.74) is -0.448. The maximum Gasteiger partial charge on any atom is 0.451 e. The zero-order valence-electron chi connectivity index (χ0n) is 7.53. The molecule has 0 aliphatic heterocycles. The molecule has 0 amide bonds. The summed E-state index contributed by atoms with van der Waals surface area (Å²) in [4.78, 5) is 2.15. The van der Waals surface area contributed by atoms with E-state index in [1.54, 1.807) is 20.8 Å². The first-order chi connectivity index (χ1) is 5.71. The summed E-state index contributed by atoms with van der Waals surface area (Å²) in [6, 6.07) is 0. The van der Waals surface area contributed by atoms with Crippen LogP contribution in [-0.4, -0.2) is 15.2 Å². The van der Waals surface area contributed by atoms with E-state index in [-0.39, 0.29) is 5.82 Å². The second-order valence-electron chi connectivity index (χ2n) is 3.77. The van der Waals surface area contributed by atoms with Gasteiger partial charge >= 0.3 is 6.18 Å². The number of rotatable bonds is 0. The lowest BCUT2D eigenvalue weighted by molar-refractivity contribution is -0.144. The molecule has 6 heteroatoms. The minimum absolute atomic E-state index is 0.236. The van der Waals surface area contributed by atoms with E-state index in [4.69, 9.17) is 0 Å². The average molecular weight is 193 g/mol. The highest BCUT2D eigenvalue weighted by molar-refractivity contribution is 5.03. The van der Waals surface area contributed by atoms with E-state index in [2.05, 4.69) is 15.2 Å². The van der Waals surface area contributed by atoms with Crippen LogP contribution in [0.1, 0.15) is 32.4 Å². The zero-order chi connectivity index (χ0) is 10.3. The Labute approximate surface area is 73.4 Å². The van der Waals surface area contributed by atoms with E-state index in [9.17, 15) is 13.2 Å². The van der Waals surface area contributed by atoms with E-state index in [0.717, 1.165) is 0 Å². The third-order valence-corrected chi connectivity index (χ3v) is 1.47. The molecule has 0 radical (unpaired) electrons. The number of H-pyrrole nitrogens is 1. The normalized spacial score (nSPS) is 13.4. The van der Waals surface area contributed by atoms with Crippen molar-refractivity contribution >= 4 is 0 Å². The Balaban J connectivity index is 3.01. The van der Waals surface area contributed by atoms with Gasteiger partial charge in [0.1, 0.15) is 5.82 Å². The molecule has 0 atom stereocenters. The molecule has 0 aliphatic rings. The summed E-state index contributed by atoms with van der Waals surface area (Å²) in [7, 11) is 0. The van der Waals surface area contributed by atoms with Crippen LogP contribution in [0.3, 0.4) is 0 Å². The minimum Gasteiger partial charge on any atom is -0.321 e. The van der Waals surface area contributed by atoms with Crippen molar-refractivity contribution in [1.29, 1.82) is 0 Å². The smallest absolute Gasteiger partial charge is 0.321 e. The third-order valence-electron chi connectivity index (χ3n) is 1.47.